The van der Waals surface area contributed by atoms with Crippen molar-refractivity contribution in [3.8, 4) is 0 Å². The summed E-state index contributed by atoms with van der Waals surface area (Å²) in [7, 11) is 0. The third-order valence-electron chi connectivity index (χ3n) is 3.16. The molecule has 0 heterocycles. The molecule has 0 saturated heterocycles. The van der Waals surface area contributed by atoms with Crippen LogP contribution in [0.4, 0.5) is 4.79 Å². The molecule has 0 bridgehead atoms. The van der Waals surface area contributed by atoms with E-state index in [2.05, 4.69) is 5.32 Å². The second-order valence-electron chi connectivity index (χ2n) is 6.20. The number of aliphatic carboxylic acids is 1. The van der Waals surface area contributed by atoms with Gasteiger partial charge in [0, 0.05) is 6.92 Å². The van der Waals surface area contributed by atoms with Gasteiger partial charge < -0.3 is 19.9 Å². The second-order valence-corrected chi connectivity index (χ2v) is 6.20. The van der Waals surface area contributed by atoms with E-state index in [9.17, 15) is 19.5 Å². The van der Waals surface area contributed by atoms with Gasteiger partial charge in [0.15, 0.2) is 0 Å². The Kier molecular flexibility index (Phi) is 5.57. The van der Waals surface area contributed by atoms with Gasteiger partial charge in [-0.15, -0.1) is 0 Å². The lowest BCUT2D eigenvalue weighted by atomic mass is 9.82. The number of carboxylic acid groups (broad SMARTS) is 1. The van der Waals surface area contributed by atoms with Gasteiger partial charge in [-0.2, -0.15) is 0 Å². The van der Waals surface area contributed by atoms with Crippen molar-refractivity contribution in [3.05, 3.63) is 0 Å². The fourth-order valence-electron chi connectivity index (χ4n) is 2.42. The van der Waals surface area contributed by atoms with Crippen LogP contribution in [0.2, 0.25) is 0 Å². The number of amides is 1. The van der Waals surface area contributed by atoms with E-state index in [0.29, 0.717) is 19.3 Å². The molecule has 1 aliphatic rings. The van der Waals surface area contributed by atoms with Crippen LogP contribution in [-0.4, -0.2) is 40.9 Å². The molecule has 7 nitrogen and oxygen atoms in total. The number of carbonyl (C=O) groups excluding carboxylic acids is 2. The van der Waals surface area contributed by atoms with Crippen LogP contribution in [0.15, 0.2) is 0 Å². The Morgan fingerprint density at radius 3 is 2.29 bits per heavy atom. The molecule has 7 heteroatoms. The molecule has 0 unspecified atom stereocenters. The Morgan fingerprint density at radius 1 is 1.19 bits per heavy atom. The van der Waals surface area contributed by atoms with Crippen molar-refractivity contribution in [2.75, 3.05) is 0 Å². The highest BCUT2D eigenvalue weighted by molar-refractivity contribution is 5.74. The number of ether oxygens (including phenoxy) is 2. The maximum atomic E-state index is 11.9. The molecule has 1 amide bonds. The monoisotopic (exact) mass is 301 g/mol. The standard InChI is InChI=1S/C14H23NO6/c1-8(16)20-10-7-5-6-9(12(17)18)11(10)15-13(19)21-14(2,3)4/h9-11H,5-7H2,1-4H3,(H,15,19)(H,17,18)/t9-,10+,11-/m1/s1. The van der Waals surface area contributed by atoms with Crippen LogP contribution in [0, 0.1) is 5.92 Å². The summed E-state index contributed by atoms with van der Waals surface area (Å²) in [5, 5.41) is 11.8. The summed E-state index contributed by atoms with van der Waals surface area (Å²) in [4.78, 5) is 34.3. The predicted octanol–water partition coefficient (Wildman–Crippen LogP) is 1.70. The molecule has 1 rings (SSSR count). The summed E-state index contributed by atoms with van der Waals surface area (Å²) in [5.41, 5.74) is -0.686. The van der Waals surface area contributed by atoms with E-state index in [1.54, 1.807) is 20.8 Å². The lowest BCUT2D eigenvalue weighted by molar-refractivity contribution is -0.156. The van der Waals surface area contributed by atoms with Crippen molar-refractivity contribution in [3.63, 3.8) is 0 Å². The zero-order valence-corrected chi connectivity index (χ0v) is 12.8. The van der Waals surface area contributed by atoms with Crippen LogP contribution in [0.5, 0.6) is 0 Å². The number of esters is 1. The SMILES string of the molecule is CC(=O)O[C@H]1CCC[C@@H](C(=O)O)[C@H]1NC(=O)OC(C)(C)C. The highest BCUT2D eigenvalue weighted by Crippen LogP contribution is 2.28. The molecule has 0 aromatic carbocycles. The molecule has 0 aromatic rings. The molecule has 2 N–H and O–H groups in total. The minimum Gasteiger partial charge on any atom is -0.481 e. The van der Waals surface area contributed by atoms with E-state index in [-0.39, 0.29) is 0 Å². The van der Waals surface area contributed by atoms with Gasteiger partial charge in [0.2, 0.25) is 0 Å². The van der Waals surface area contributed by atoms with Crippen LogP contribution in [-0.2, 0) is 19.1 Å². The van der Waals surface area contributed by atoms with Crippen molar-refractivity contribution < 1.29 is 29.0 Å². The van der Waals surface area contributed by atoms with E-state index in [0.717, 1.165) is 0 Å². The topological polar surface area (TPSA) is 102 Å². The van der Waals surface area contributed by atoms with E-state index in [4.69, 9.17) is 9.47 Å². The summed E-state index contributed by atoms with van der Waals surface area (Å²) >= 11 is 0. The van der Waals surface area contributed by atoms with Crippen LogP contribution >= 0.6 is 0 Å². The first-order chi connectivity index (χ1) is 9.60. The summed E-state index contributed by atoms with van der Waals surface area (Å²) in [6, 6.07) is -0.782. The third kappa shape index (κ3) is 5.61. The minimum atomic E-state index is -1.02. The number of carboxylic acids is 1. The molecule has 0 aliphatic heterocycles. The Labute approximate surface area is 124 Å². The predicted molar refractivity (Wildman–Crippen MR) is 73.7 cm³/mol. The van der Waals surface area contributed by atoms with Crippen LogP contribution in [0.1, 0.15) is 47.0 Å². The van der Waals surface area contributed by atoms with Crippen LogP contribution in [0.25, 0.3) is 0 Å². The molecular weight excluding hydrogens is 278 g/mol. The Hall–Kier alpha value is -1.79. The van der Waals surface area contributed by atoms with E-state index >= 15 is 0 Å². The van der Waals surface area contributed by atoms with Gasteiger partial charge in [-0.25, -0.2) is 4.79 Å². The summed E-state index contributed by atoms with van der Waals surface area (Å²) in [6.07, 6.45) is 0.210. The first kappa shape index (κ1) is 17.3. The first-order valence-electron chi connectivity index (χ1n) is 6.99. The van der Waals surface area contributed by atoms with Crippen molar-refractivity contribution >= 4 is 18.0 Å². The van der Waals surface area contributed by atoms with E-state index in [1.807, 2.05) is 0 Å². The second kappa shape index (κ2) is 6.78. The van der Waals surface area contributed by atoms with Gasteiger partial charge in [0.25, 0.3) is 0 Å². The van der Waals surface area contributed by atoms with Gasteiger partial charge in [-0.3, -0.25) is 9.59 Å². The van der Waals surface area contributed by atoms with Gasteiger partial charge >= 0.3 is 18.0 Å². The van der Waals surface area contributed by atoms with Crippen molar-refractivity contribution in [2.24, 2.45) is 5.92 Å². The average molecular weight is 301 g/mol. The zero-order chi connectivity index (χ0) is 16.2. The summed E-state index contributed by atoms with van der Waals surface area (Å²) in [5.74, 6) is -2.31. The minimum absolute atomic E-state index is 0.424. The van der Waals surface area contributed by atoms with Crippen LogP contribution in [0.3, 0.4) is 0 Å². The van der Waals surface area contributed by atoms with Crippen molar-refractivity contribution in [1.29, 1.82) is 0 Å². The fourth-order valence-corrected chi connectivity index (χ4v) is 2.42. The third-order valence-corrected chi connectivity index (χ3v) is 3.16. The molecule has 120 valence electrons. The van der Waals surface area contributed by atoms with Crippen molar-refractivity contribution in [1.82, 2.24) is 5.32 Å². The lowest BCUT2D eigenvalue weighted by Gasteiger charge is -2.36. The molecule has 1 aliphatic carbocycles. The summed E-state index contributed by atoms with van der Waals surface area (Å²) < 4.78 is 10.3. The molecule has 1 saturated carbocycles. The Bertz CT molecular complexity index is 414. The fraction of sp³-hybridized carbons (Fsp3) is 0.786. The molecule has 0 aromatic heterocycles. The molecule has 0 radical (unpaired) electrons. The Morgan fingerprint density at radius 2 is 1.81 bits per heavy atom. The number of alkyl carbamates (subject to hydrolysis) is 1. The summed E-state index contributed by atoms with van der Waals surface area (Å²) in [6.45, 7) is 6.40. The van der Waals surface area contributed by atoms with Gasteiger partial charge in [-0.05, 0) is 40.0 Å². The van der Waals surface area contributed by atoms with Gasteiger partial charge in [0.1, 0.15) is 11.7 Å². The molecule has 21 heavy (non-hydrogen) atoms. The van der Waals surface area contributed by atoms with Gasteiger partial charge in [0.05, 0.1) is 12.0 Å². The smallest absolute Gasteiger partial charge is 0.408 e. The first-order valence-corrected chi connectivity index (χ1v) is 6.99. The quantitative estimate of drug-likeness (QED) is 0.769. The Balaban J connectivity index is 2.83. The zero-order valence-electron chi connectivity index (χ0n) is 12.8. The molecule has 1 fully saturated rings. The number of hydrogen-bond acceptors (Lipinski definition) is 5. The number of hydrogen-bond donors (Lipinski definition) is 2. The number of carbonyl (C=O) groups is 3. The maximum absolute atomic E-state index is 11.9. The largest absolute Gasteiger partial charge is 0.481 e. The van der Waals surface area contributed by atoms with Gasteiger partial charge in [-0.1, -0.05) is 0 Å². The molecule has 0 spiro atoms. The highest BCUT2D eigenvalue weighted by atomic mass is 16.6. The highest BCUT2D eigenvalue weighted by Gasteiger charge is 2.41. The molecule has 3 atom stereocenters. The van der Waals surface area contributed by atoms with E-state index < -0.39 is 41.7 Å². The lowest BCUT2D eigenvalue weighted by Crippen LogP contribution is -2.54. The average Bonchev–Trinajstić information content (AvgIpc) is 2.27. The van der Waals surface area contributed by atoms with E-state index in [1.165, 1.54) is 6.92 Å². The molecular formula is C14H23NO6. The van der Waals surface area contributed by atoms with Crippen molar-refractivity contribution in [2.45, 2.75) is 64.7 Å². The number of nitrogens with one attached hydrogen (secondary N) is 1. The number of rotatable bonds is 3. The van der Waals surface area contributed by atoms with Crippen LogP contribution < -0.4 is 5.32 Å². The normalized spacial score (nSPS) is 25.8. The maximum Gasteiger partial charge on any atom is 0.408 e.